The molecule has 0 unspecified atom stereocenters. The molecule has 1 saturated carbocycles. The highest BCUT2D eigenvalue weighted by Crippen LogP contribution is 2.50. The van der Waals surface area contributed by atoms with Crippen LogP contribution in [-0.2, 0) is 9.59 Å². The van der Waals surface area contributed by atoms with Gasteiger partial charge in [0.15, 0.2) is 0 Å². The summed E-state index contributed by atoms with van der Waals surface area (Å²) >= 11 is 0. The SMILES string of the molecule is Cc1ccc([C@@H]2C[C@H]2CCC[C@H](NC(=O)c2ccc(-c3ccccc3)cc2)C(=O)N2CCN(C)C(=O)C2)cc1. The van der Waals surface area contributed by atoms with E-state index in [9.17, 15) is 14.4 Å². The molecule has 5 rings (SSSR count). The first kappa shape index (κ1) is 26.7. The third-order valence-electron chi connectivity index (χ3n) is 8.12. The van der Waals surface area contributed by atoms with Gasteiger partial charge in [-0.15, -0.1) is 0 Å². The van der Waals surface area contributed by atoms with E-state index in [2.05, 4.69) is 36.5 Å². The molecule has 3 aromatic carbocycles. The average Bonchev–Trinajstić information content (AvgIpc) is 3.74. The lowest BCUT2D eigenvalue weighted by molar-refractivity contribution is -0.145. The van der Waals surface area contributed by atoms with Gasteiger partial charge in [0.25, 0.3) is 5.91 Å². The average molecular weight is 524 g/mol. The molecular weight excluding hydrogens is 486 g/mol. The van der Waals surface area contributed by atoms with Gasteiger partial charge < -0.3 is 15.1 Å². The Morgan fingerprint density at radius 3 is 2.31 bits per heavy atom. The van der Waals surface area contributed by atoms with Crippen LogP contribution < -0.4 is 5.32 Å². The number of amides is 3. The van der Waals surface area contributed by atoms with E-state index < -0.39 is 6.04 Å². The van der Waals surface area contributed by atoms with E-state index in [-0.39, 0.29) is 24.3 Å². The number of carbonyl (C=O) groups excluding carboxylic acids is 3. The van der Waals surface area contributed by atoms with Gasteiger partial charge in [-0.1, -0.05) is 78.7 Å². The number of rotatable bonds is 9. The summed E-state index contributed by atoms with van der Waals surface area (Å²) in [5.74, 6) is 0.701. The molecule has 3 atom stereocenters. The zero-order valence-electron chi connectivity index (χ0n) is 22.8. The van der Waals surface area contributed by atoms with Crippen molar-refractivity contribution in [2.45, 2.75) is 44.6 Å². The Balaban J connectivity index is 1.22. The molecule has 6 nitrogen and oxygen atoms in total. The summed E-state index contributed by atoms with van der Waals surface area (Å²) in [7, 11) is 1.75. The predicted octanol–water partition coefficient (Wildman–Crippen LogP) is 5.04. The van der Waals surface area contributed by atoms with E-state index in [4.69, 9.17) is 0 Å². The number of benzene rings is 3. The number of piperazine rings is 1. The van der Waals surface area contributed by atoms with Gasteiger partial charge in [0, 0.05) is 25.7 Å². The standard InChI is InChI=1S/C33H37N3O3/c1-23-11-13-26(14-12-23)29-21-28(29)9-6-10-30(33(39)36-20-19-35(2)31(37)22-36)34-32(38)27-17-15-25(16-18-27)24-7-4-3-5-8-24/h3-5,7-8,11-18,28-30H,6,9-10,19-22H2,1-2H3,(H,34,38)/t28-,29+,30+/m1/s1. The van der Waals surface area contributed by atoms with Gasteiger partial charge in [0.05, 0.1) is 6.54 Å². The topological polar surface area (TPSA) is 69.7 Å². The largest absolute Gasteiger partial charge is 0.342 e. The van der Waals surface area contributed by atoms with Crippen LogP contribution in [0, 0.1) is 12.8 Å². The van der Waals surface area contributed by atoms with E-state index >= 15 is 0 Å². The Labute approximate surface area is 231 Å². The minimum absolute atomic E-state index is 0.0611. The number of nitrogens with zero attached hydrogens (tertiary/aromatic N) is 2. The fourth-order valence-electron chi connectivity index (χ4n) is 5.48. The highest BCUT2D eigenvalue weighted by atomic mass is 16.2. The van der Waals surface area contributed by atoms with E-state index in [1.165, 1.54) is 17.5 Å². The lowest BCUT2D eigenvalue weighted by atomic mass is 10.0. The van der Waals surface area contributed by atoms with Crippen molar-refractivity contribution >= 4 is 17.7 Å². The molecule has 0 radical (unpaired) electrons. The summed E-state index contributed by atoms with van der Waals surface area (Å²) in [5.41, 5.74) is 5.29. The van der Waals surface area contributed by atoms with Gasteiger partial charge in [-0.3, -0.25) is 14.4 Å². The monoisotopic (exact) mass is 523 g/mol. The quantitative estimate of drug-likeness (QED) is 0.428. The molecule has 0 bridgehead atoms. The van der Waals surface area contributed by atoms with Crippen molar-refractivity contribution in [3.63, 3.8) is 0 Å². The second kappa shape index (κ2) is 11.9. The number of nitrogens with one attached hydrogen (secondary N) is 1. The zero-order chi connectivity index (χ0) is 27.4. The first-order chi connectivity index (χ1) is 18.9. The van der Waals surface area contributed by atoms with Crippen LogP contribution in [0.15, 0.2) is 78.9 Å². The summed E-state index contributed by atoms with van der Waals surface area (Å²) in [5, 5.41) is 3.00. The van der Waals surface area contributed by atoms with Crippen molar-refractivity contribution in [1.82, 2.24) is 15.1 Å². The number of hydrogen-bond acceptors (Lipinski definition) is 3. The van der Waals surface area contributed by atoms with Crippen molar-refractivity contribution in [2.75, 3.05) is 26.7 Å². The maximum absolute atomic E-state index is 13.5. The highest BCUT2D eigenvalue weighted by molar-refractivity contribution is 5.98. The zero-order valence-corrected chi connectivity index (χ0v) is 22.8. The molecule has 1 heterocycles. The smallest absolute Gasteiger partial charge is 0.251 e. The van der Waals surface area contributed by atoms with Crippen LogP contribution in [0.1, 0.15) is 53.1 Å². The van der Waals surface area contributed by atoms with E-state index in [1.807, 2.05) is 42.5 Å². The highest BCUT2D eigenvalue weighted by Gasteiger charge is 2.38. The Bertz CT molecular complexity index is 1300. The van der Waals surface area contributed by atoms with E-state index in [0.717, 1.165) is 24.0 Å². The molecule has 202 valence electrons. The summed E-state index contributed by atoms with van der Waals surface area (Å²) in [6, 6.07) is 25.6. The van der Waals surface area contributed by atoms with Gasteiger partial charge >= 0.3 is 0 Å². The van der Waals surface area contributed by atoms with Gasteiger partial charge in [-0.05, 0) is 66.8 Å². The molecule has 2 fully saturated rings. The van der Waals surface area contributed by atoms with Crippen molar-refractivity contribution in [1.29, 1.82) is 0 Å². The van der Waals surface area contributed by atoms with Gasteiger partial charge in [0.1, 0.15) is 6.04 Å². The van der Waals surface area contributed by atoms with Gasteiger partial charge in [-0.2, -0.15) is 0 Å². The number of aryl methyl sites for hydroxylation is 1. The third kappa shape index (κ3) is 6.56. The molecule has 0 aromatic heterocycles. The van der Waals surface area contributed by atoms with Crippen molar-refractivity contribution < 1.29 is 14.4 Å². The Morgan fingerprint density at radius 1 is 0.923 bits per heavy atom. The maximum Gasteiger partial charge on any atom is 0.251 e. The molecule has 2 aliphatic rings. The minimum atomic E-state index is -0.654. The summed E-state index contributed by atoms with van der Waals surface area (Å²) in [4.78, 5) is 42.2. The third-order valence-corrected chi connectivity index (χ3v) is 8.12. The predicted molar refractivity (Wildman–Crippen MR) is 153 cm³/mol. The fourth-order valence-corrected chi connectivity index (χ4v) is 5.48. The van der Waals surface area contributed by atoms with Crippen LogP contribution in [0.3, 0.4) is 0 Å². The molecule has 0 spiro atoms. The van der Waals surface area contributed by atoms with Crippen LogP contribution in [0.4, 0.5) is 0 Å². The molecule has 1 aliphatic carbocycles. The summed E-state index contributed by atoms with van der Waals surface area (Å²) in [6.07, 6.45) is 3.60. The van der Waals surface area contributed by atoms with Crippen LogP contribution in [0.2, 0.25) is 0 Å². The first-order valence-corrected chi connectivity index (χ1v) is 13.9. The van der Waals surface area contributed by atoms with Crippen LogP contribution in [0.25, 0.3) is 11.1 Å². The van der Waals surface area contributed by atoms with Crippen molar-refractivity contribution in [3.8, 4) is 11.1 Å². The Morgan fingerprint density at radius 2 is 1.62 bits per heavy atom. The van der Waals surface area contributed by atoms with Crippen LogP contribution in [0.5, 0.6) is 0 Å². The molecule has 3 aromatic rings. The molecule has 1 saturated heterocycles. The first-order valence-electron chi connectivity index (χ1n) is 13.9. The maximum atomic E-state index is 13.5. The molecule has 1 aliphatic heterocycles. The van der Waals surface area contributed by atoms with E-state index in [1.54, 1.807) is 29.0 Å². The number of carbonyl (C=O) groups is 3. The second-order valence-electron chi connectivity index (χ2n) is 11.0. The second-order valence-corrected chi connectivity index (χ2v) is 11.0. The molecule has 39 heavy (non-hydrogen) atoms. The molecule has 6 heteroatoms. The van der Waals surface area contributed by atoms with Gasteiger partial charge in [-0.25, -0.2) is 0 Å². The molecule has 1 N–H and O–H groups in total. The van der Waals surface area contributed by atoms with Crippen LogP contribution in [-0.4, -0.2) is 60.2 Å². The fraction of sp³-hybridized carbons (Fsp3) is 0.364. The van der Waals surface area contributed by atoms with Gasteiger partial charge in [0.2, 0.25) is 11.8 Å². The number of hydrogen-bond donors (Lipinski definition) is 1. The molecule has 3 amide bonds. The van der Waals surface area contributed by atoms with Crippen LogP contribution >= 0.6 is 0 Å². The lowest BCUT2D eigenvalue weighted by Gasteiger charge is -2.34. The lowest BCUT2D eigenvalue weighted by Crippen LogP contribution is -2.56. The number of likely N-dealkylation sites (N-methyl/N-ethyl adjacent to an activating group) is 1. The van der Waals surface area contributed by atoms with Crippen molar-refractivity contribution in [3.05, 3.63) is 95.6 Å². The Kier molecular flexibility index (Phi) is 8.10. The summed E-state index contributed by atoms with van der Waals surface area (Å²) < 4.78 is 0. The Hall–Kier alpha value is -3.93. The normalized spacial score (nSPS) is 19.5. The summed E-state index contributed by atoms with van der Waals surface area (Å²) in [6.45, 7) is 3.15. The van der Waals surface area contributed by atoms with Crippen molar-refractivity contribution in [2.24, 2.45) is 5.92 Å². The van der Waals surface area contributed by atoms with E-state index in [0.29, 0.717) is 36.9 Å². The minimum Gasteiger partial charge on any atom is -0.342 e. The molecular formula is C33H37N3O3.